The van der Waals surface area contributed by atoms with E-state index in [1.54, 1.807) is 0 Å². The number of likely N-dealkylation sites (N-methyl/N-ethyl adjacent to an activating group) is 1. The van der Waals surface area contributed by atoms with Crippen LogP contribution < -0.4 is 0 Å². The molecule has 0 amide bonds. The van der Waals surface area contributed by atoms with Gasteiger partial charge in [-0.05, 0) is 12.1 Å². The van der Waals surface area contributed by atoms with Gasteiger partial charge in [0, 0.05) is 26.2 Å². The zero-order chi connectivity index (χ0) is 10.1. The van der Waals surface area contributed by atoms with Crippen LogP contribution in [0.4, 0.5) is 0 Å². The summed E-state index contributed by atoms with van der Waals surface area (Å²) in [4.78, 5) is 2.43. The van der Waals surface area contributed by atoms with Crippen molar-refractivity contribution in [2.24, 2.45) is 0 Å². The molecule has 78 valence electrons. The van der Waals surface area contributed by atoms with Crippen LogP contribution in [0.2, 0.25) is 11.6 Å². The lowest BCUT2D eigenvalue weighted by Crippen LogP contribution is -2.52. The smallest absolute Gasteiger partial charge is 0.114 e. The maximum atomic E-state index is 2.75. The van der Waals surface area contributed by atoms with Crippen LogP contribution in [0.15, 0.2) is 0 Å². The Morgan fingerprint density at radius 1 is 1.00 bits per heavy atom. The largest absolute Gasteiger partial charge is 0.323 e. The van der Waals surface area contributed by atoms with Crippen molar-refractivity contribution in [3.05, 3.63) is 0 Å². The van der Waals surface area contributed by atoms with Gasteiger partial charge in [-0.15, -0.1) is 0 Å². The molecule has 0 spiro atoms. The summed E-state index contributed by atoms with van der Waals surface area (Å²) < 4.78 is 2.75. The Bertz CT molecular complexity index is 157. The van der Waals surface area contributed by atoms with E-state index in [-0.39, 0.29) is 0 Å². The monoisotopic (exact) mass is 200 g/mol. The first-order valence-electron chi connectivity index (χ1n) is 5.34. The van der Waals surface area contributed by atoms with Crippen LogP contribution in [-0.4, -0.2) is 51.7 Å². The fourth-order valence-corrected chi connectivity index (χ4v) is 3.86. The first-order valence-corrected chi connectivity index (χ1v) is 7.58. The minimum atomic E-state index is -0.692. The van der Waals surface area contributed by atoms with E-state index in [2.05, 4.69) is 43.8 Å². The van der Waals surface area contributed by atoms with Gasteiger partial charge in [0.2, 0.25) is 0 Å². The molecule has 0 aromatic heterocycles. The average Bonchev–Trinajstić information content (AvgIpc) is 2.03. The molecule has 0 aliphatic carbocycles. The molecule has 1 aliphatic heterocycles. The zero-order valence-corrected chi connectivity index (χ0v) is 11.0. The molecule has 0 radical (unpaired) electrons. The third-order valence-electron chi connectivity index (χ3n) is 3.34. The van der Waals surface area contributed by atoms with Gasteiger partial charge in [0.15, 0.2) is 0 Å². The number of rotatable bonds is 1. The average molecular weight is 200 g/mol. The summed E-state index contributed by atoms with van der Waals surface area (Å²) in [6, 6.07) is 0. The van der Waals surface area contributed by atoms with Crippen molar-refractivity contribution in [3.63, 3.8) is 0 Å². The van der Waals surface area contributed by atoms with E-state index < -0.39 is 8.96 Å². The summed E-state index contributed by atoms with van der Waals surface area (Å²) >= 11 is 0. The Morgan fingerprint density at radius 2 is 1.46 bits per heavy atom. The second-order valence-corrected chi connectivity index (χ2v) is 9.20. The molecule has 1 unspecified atom stereocenters. The Hall–Kier alpha value is 0.137. The highest BCUT2D eigenvalue weighted by atomic mass is 28.3. The Morgan fingerprint density at radius 3 is 1.85 bits per heavy atom. The van der Waals surface area contributed by atoms with Crippen LogP contribution in [0.3, 0.4) is 0 Å². The fourth-order valence-electron chi connectivity index (χ4n) is 1.76. The maximum Gasteiger partial charge on any atom is 0.114 e. The molecule has 0 aromatic rings. The molecule has 0 saturated carbocycles. The van der Waals surface area contributed by atoms with Crippen LogP contribution in [0.5, 0.6) is 0 Å². The summed E-state index contributed by atoms with van der Waals surface area (Å²) in [5.74, 6) is 0. The molecule has 0 bridgehead atoms. The maximum absolute atomic E-state index is 2.75. The fraction of sp³-hybridized carbons (Fsp3) is 1.00. The highest BCUT2D eigenvalue weighted by Gasteiger charge is 2.29. The quantitative estimate of drug-likeness (QED) is 0.590. The molecule has 0 N–H and O–H groups in total. The Kier molecular flexibility index (Phi) is 3.55. The van der Waals surface area contributed by atoms with Crippen LogP contribution in [0.1, 0.15) is 20.8 Å². The SMILES string of the molecule is CN1CCN([SiH](C)C(C)(C)C)CC1. The molecular weight excluding hydrogens is 176 g/mol. The van der Waals surface area contributed by atoms with Gasteiger partial charge in [-0.2, -0.15) is 0 Å². The number of nitrogens with zero attached hydrogens (tertiary/aromatic N) is 2. The molecule has 3 heteroatoms. The number of piperazine rings is 1. The summed E-state index contributed by atoms with van der Waals surface area (Å²) in [6.45, 7) is 14.8. The van der Waals surface area contributed by atoms with Crippen LogP contribution in [0.25, 0.3) is 0 Å². The van der Waals surface area contributed by atoms with E-state index in [0.717, 1.165) is 0 Å². The molecule has 1 aliphatic rings. The predicted molar refractivity (Wildman–Crippen MR) is 61.8 cm³/mol. The van der Waals surface area contributed by atoms with Crippen molar-refractivity contribution in [2.75, 3.05) is 33.2 Å². The van der Waals surface area contributed by atoms with Crippen molar-refractivity contribution >= 4 is 8.96 Å². The van der Waals surface area contributed by atoms with Crippen molar-refractivity contribution in [2.45, 2.75) is 32.4 Å². The highest BCUT2D eigenvalue weighted by Crippen LogP contribution is 2.29. The topological polar surface area (TPSA) is 6.48 Å². The molecule has 1 rings (SSSR count). The van der Waals surface area contributed by atoms with Gasteiger partial charge in [0.1, 0.15) is 8.96 Å². The minimum Gasteiger partial charge on any atom is -0.323 e. The minimum absolute atomic E-state index is 0.551. The lowest BCUT2D eigenvalue weighted by Gasteiger charge is -2.41. The van der Waals surface area contributed by atoms with Gasteiger partial charge in [0.05, 0.1) is 0 Å². The predicted octanol–water partition coefficient (Wildman–Crippen LogP) is 1.39. The first kappa shape index (κ1) is 11.2. The second kappa shape index (κ2) is 4.11. The third kappa shape index (κ3) is 3.08. The lowest BCUT2D eigenvalue weighted by molar-refractivity contribution is 0.217. The molecular formula is C10H24N2Si. The van der Waals surface area contributed by atoms with Gasteiger partial charge in [-0.1, -0.05) is 27.3 Å². The second-order valence-electron chi connectivity index (χ2n) is 5.38. The van der Waals surface area contributed by atoms with E-state index in [4.69, 9.17) is 0 Å². The van der Waals surface area contributed by atoms with Crippen molar-refractivity contribution < 1.29 is 0 Å². The van der Waals surface area contributed by atoms with Crippen molar-refractivity contribution in [1.82, 2.24) is 9.47 Å². The Labute approximate surface area is 84.6 Å². The van der Waals surface area contributed by atoms with E-state index in [9.17, 15) is 0 Å². The summed E-state index contributed by atoms with van der Waals surface area (Å²) in [5, 5.41) is 0.551. The zero-order valence-electron chi connectivity index (χ0n) is 9.80. The Balaban J connectivity index is 2.45. The molecule has 2 nitrogen and oxygen atoms in total. The molecule has 13 heavy (non-hydrogen) atoms. The van der Waals surface area contributed by atoms with Crippen LogP contribution in [0, 0.1) is 0 Å². The molecule has 1 saturated heterocycles. The van der Waals surface area contributed by atoms with E-state index >= 15 is 0 Å². The number of hydrogen-bond donors (Lipinski definition) is 0. The van der Waals surface area contributed by atoms with Gasteiger partial charge < -0.3 is 9.47 Å². The van der Waals surface area contributed by atoms with Crippen LogP contribution in [-0.2, 0) is 0 Å². The van der Waals surface area contributed by atoms with Gasteiger partial charge in [0.25, 0.3) is 0 Å². The molecule has 1 atom stereocenters. The lowest BCUT2D eigenvalue weighted by atomic mass is 10.2. The van der Waals surface area contributed by atoms with Crippen molar-refractivity contribution in [3.8, 4) is 0 Å². The standard InChI is InChI=1S/C10H24N2Si/c1-10(2,3)13(5)12-8-6-11(4)7-9-12/h13H,6-9H2,1-5H3. The van der Waals surface area contributed by atoms with Gasteiger partial charge in [-0.25, -0.2) is 0 Å². The van der Waals surface area contributed by atoms with E-state index in [0.29, 0.717) is 5.04 Å². The normalized spacial score (nSPS) is 24.7. The van der Waals surface area contributed by atoms with E-state index in [1.807, 2.05) is 0 Å². The van der Waals surface area contributed by atoms with Crippen LogP contribution >= 0.6 is 0 Å². The summed E-state index contributed by atoms with van der Waals surface area (Å²) in [5.41, 5.74) is 0. The molecule has 1 fully saturated rings. The van der Waals surface area contributed by atoms with Gasteiger partial charge >= 0.3 is 0 Å². The molecule has 0 aromatic carbocycles. The van der Waals surface area contributed by atoms with Crippen molar-refractivity contribution in [1.29, 1.82) is 0 Å². The highest BCUT2D eigenvalue weighted by molar-refractivity contribution is 6.57. The summed E-state index contributed by atoms with van der Waals surface area (Å²) in [7, 11) is 1.53. The molecule has 1 heterocycles. The van der Waals surface area contributed by atoms with Gasteiger partial charge in [-0.3, -0.25) is 0 Å². The van der Waals surface area contributed by atoms with E-state index in [1.165, 1.54) is 26.2 Å². The first-order chi connectivity index (χ1) is 5.91. The summed E-state index contributed by atoms with van der Waals surface area (Å²) in [6.07, 6.45) is 0. The third-order valence-corrected chi connectivity index (χ3v) is 7.46. The number of hydrogen-bond acceptors (Lipinski definition) is 2.